The molecule has 0 saturated heterocycles. The summed E-state index contributed by atoms with van der Waals surface area (Å²) in [6.45, 7) is 0. The van der Waals surface area contributed by atoms with Crippen molar-refractivity contribution in [1.82, 2.24) is 14.1 Å². The first-order valence-electron chi connectivity index (χ1n) is 9.31. The van der Waals surface area contributed by atoms with E-state index in [1.807, 2.05) is 71.4 Å². The standard InChI is InChI=1S/C23H21N3O3/c1-29-21-10-2-17(3-11-21)22-12-8-20(9-13-23(27)28)26(22)19-6-4-18(5-7-19)25-15-14-24-16-25/h2-8,10-12,14-16H,9,13H2,1H3,(H,27,28). The van der Waals surface area contributed by atoms with Gasteiger partial charge in [-0.25, -0.2) is 4.98 Å². The maximum atomic E-state index is 11.1. The average Bonchev–Trinajstić information content (AvgIpc) is 3.42. The maximum Gasteiger partial charge on any atom is 0.303 e. The van der Waals surface area contributed by atoms with Crippen molar-refractivity contribution in [3.63, 3.8) is 0 Å². The summed E-state index contributed by atoms with van der Waals surface area (Å²) in [5.74, 6) is -0.0122. The minimum Gasteiger partial charge on any atom is -0.497 e. The highest BCUT2D eigenvalue weighted by atomic mass is 16.5. The van der Waals surface area contributed by atoms with E-state index in [4.69, 9.17) is 9.84 Å². The number of nitrogens with zero attached hydrogens (tertiary/aromatic N) is 3. The van der Waals surface area contributed by atoms with Crippen LogP contribution in [0.5, 0.6) is 5.75 Å². The number of carbonyl (C=O) groups is 1. The molecule has 2 aromatic heterocycles. The lowest BCUT2D eigenvalue weighted by Crippen LogP contribution is -2.05. The van der Waals surface area contributed by atoms with Crippen LogP contribution in [0.15, 0.2) is 79.4 Å². The van der Waals surface area contributed by atoms with Gasteiger partial charge in [0.1, 0.15) is 5.75 Å². The molecule has 0 unspecified atom stereocenters. The van der Waals surface area contributed by atoms with Gasteiger partial charge < -0.3 is 19.0 Å². The van der Waals surface area contributed by atoms with Crippen LogP contribution in [0.3, 0.4) is 0 Å². The first-order valence-corrected chi connectivity index (χ1v) is 9.31. The Morgan fingerprint density at radius 3 is 2.34 bits per heavy atom. The average molecular weight is 387 g/mol. The summed E-state index contributed by atoms with van der Waals surface area (Å²) in [6.07, 6.45) is 5.93. The van der Waals surface area contributed by atoms with Gasteiger partial charge in [-0.2, -0.15) is 0 Å². The van der Waals surface area contributed by atoms with Crippen LogP contribution in [0.4, 0.5) is 0 Å². The molecule has 1 N–H and O–H groups in total. The number of rotatable bonds is 7. The van der Waals surface area contributed by atoms with Crippen molar-refractivity contribution in [2.24, 2.45) is 0 Å². The number of aryl methyl sites for hydroxylation is 1. The molecule has 0 atom stereocenters. The minimum absolute atomic E-state index is 0.0825. The number of aromatic nitrogens is 3. The molecule has 0 bridgehead atoms. The summed E-state index contributed by atoms with van der Waals surface area (Å²) in [4.78, 5) is 15.2. The molecule has 0 fully saturated rings. The summed E-state index contributed by atoms with van der Waals surface area (Å²) in [5.41, 5.74) is 4.98. The van der Waals surface area contributed by atoms with Crippen molar-refractivity contribution in [2.75, 3.05) is 7.11 Å². The van der Waals surface area contributed by atoms with Gasteiger partial charge in [-0.3, -0.25) is 4.79 Å². The predicted molar refractivity (Wildman–Crippen MR) is 111 cm³/mol. The fourth-order valence-corrected chi connectivity index (χ4v) is 3.39. The zero-order valence-corrected chi connectivity index (χ0v) is 16.0. The van der Waals surface area contributed by atoms with Crippen LogP contribution in [0.1, 0.15) is 12.1 Å². The largest absolute Gasteiger partial charge is 0.497 e. The zero-order chi connectivity index (χ0) is 20.2. The minimum atomic E-state index is -0.806. The molecule has 6 nitrogen and oxygen atoms in total. The number of imidazole rings is 1. The molecule has 0 amide bonds. The van der Waals surface area contributed by atoms with E-state index in [2.05, 4.69) is 9.55 Å². The van der Waals surface area contributed by atoms with E-state index < -0.39 is 5.97 Å². The first-order chi connectivity index (χ1) is 14.2. The Balaban J connectivity index is 1.76. The van der Waals surface area contributed by atoms with Crippen LogP contribution in [0.25, 0.3) is 22.6 Å². The highest BCUT2D eigenvalue weighted by Gasteiger charge is 2.13. The van der Waals surface area contributed by atoms with E-state index in [1.54, 1.807) is 19.6 Å². The van der Waals surface area contributed by atoms with Gasteiger partial charge in [-0.1, -0.05) is 0 Å². The van der Waals surface area contributed by atoms with Gasteiger partial charge in [0.2, 0.25) is 0 Å². The molecular weight excluding hydrogens is 366 g/mol. The number of ether oxygens (including phenoxy) is 1. The summed E-state index contributed by atoms with van der Waals surface area (Å²) in [5, 5.41) is 9.13. The lowest BCUT2D eigenvalue weighted by Gasteiger charge is -2.15. The SMILES string of the molecule is COc1ccc(-c2ccc(CCC(=O)O)n2-c2ccc(-n3ccnc3)cc2)cc1. The van der Waals surface area contributed by atoms with Crippen molar-refractivity contribution in [3.05, 3.63) is 85.1 Å². The molecule has 0 spiro atoms. The summed E-state index contributed by atoms with van der Waals surface area (Å²) >= 11 is 0. The monoisotopic (exact) mass is 387 g/mol. The number of aliphatic carboxylic acids is 1. The third-order valence-electron chi connectivity index (χ3n) is 4.85. The second-order valence-electron chi connectivity index (χ2n) is 6.65. The second kappa shape index (κ2) is 8.06. The van der Waals surface area contributed by atoms with E-state index in [9.17, 15) is 4.79 Å². The van der Waals surface area contributed by atoms with Crippen molar-refractivity contribution >= 4 is 5.97 Å². The van der Waals surface area contributed by atoms with Crippen LogP contribution >= 0.6 is 0 Å². The fraction of sp³-hybridized carbons (Fsp3) is 0.130. The van der Waals surface area contributed by atoms with Gasteiger partial charge in [-0.05, 0) is 72.6 Å². The molecule has 146 valence electrons. The van der Waals surface area contributed by atoms with Crippen molar-refractivity contribution in [2.45, 2.75) is 12.8 Å². The fourth-order valence-electron chi connectivity index (χ4n) is 3.39. The molecule has 0 aliphatic heterocycles. The van der Waals surface area contributed by atoms with E-state index >= 15 is 0 Å². The molecular formula is C23H21N3O3. The normalized spacial score (nSPS) is 10.8. The Hall–Kier alpha value is -3.80. The van der Waals surface area contributed by atoms with Crippen LogP contribution in [-0.2, 0) is 11.2 Å². The van der Waals surface area contributed by atoms with E-state index in [0.717, 1.165) is 34.1 Å². The van der Waals surface area contributed by atoms with Gasteiger partial charge in [0.15, 0.2) is 0 Å². The lowest BCUT2D eigenvalue weighted by molar-refractivity contribution is -0.136. The third-order valence-corrected chi connectivity index (χ3v) is 4.85. The molecule has 2 heterocycles. The third kappa shape index (κ3) is 3.91. The molecule has 4 rings (SSSR count). The molecule has 0 radical (unpaired) electrons. The summed E-state index contributed by atoms with van der Waals surface area (Å²) < 4.78 is 9.31. The highest BCUT2D eigenvalue weighted by molar-refractivity contribution is 5.68. The van der Waals surface area contributed by atoms with Gasteiger partial charge in [-0.15, -0.1) is 0 Å². The van der Waals surface area contributed by atoms with E-state index in [0.29, 0.717) is 6.42 Å². The molecule has 4 aromatic rings. The number of hydrogen-bond acceptors (Lipinski definition) is 3. The Labute approximate surface area is 168 Å². The molecule has 0 aliphatic rings. The second-order valence-corrected chi connectivity index (χ2v) is 6.65. The topological polar surface area (TPSA) is 69.3 Å². The Morgan fingerprint density at radius 1 is 1.00 bits per heavy atom. The van der Waals surface area contributed by atoms with Crippen LogP contribution in [0.2, 0.25) is 0 Å². The van der Waals surface area contributed by atoms with Gasteiger partial charge in [0.25, 0.3) is 0 Å². The van der Waals surface area contributed by atoms with Crippen LogP contribution in [-0.4, -0.2) is 32.3 Å². The number of carboxylic acid groups (broad SMARTS) is 1. The van der Waals surface area contributed by atoms with Crippen molar-refractivity contribution < 1.29 is 14.6 Å². The molecule has 6 heteroatoms. The van der Waals surface area contributed by atoms with Gasteiger partial charge >= 0.3 is 5.97 Å². The number of hydrogen-bond donors (Lipinski definition) is 1. The van der Waals surface area contributed by atoms with Crippen LogP contribution in [0, 0.1) is 0 Å². The smallest absolute Gasteiger partial charge is 0.303 e. The Morgan fingerprint density at radius 2 is 1.72 bits per heavy atom. The van der Waals surface area contributed by atoms with E-state index in [1.165, 1.54) is 0 Å². The van der Waals surface area contributed by atoms with E-state index in [-0.39, 0.29) is 6.42 Å². The maximum absolute atomic E-state index is 11.1. The number of carboxylic acids is 1. The quantitative estimate of drug-likeness (QED) is 0.512. The zero-order valence-electron chi connectivity index (χ0n) is 16.0. The van der Waals surface area contributed by atoms with Crippen LogP contribution < -0.4 is 4.74 Å². The van der Waals surface area contributed by atoms with Crippen molar-refractivity contribution in [1.29, 1.82) is 0 Å². The molecule has 0 saturated carbocycles. The first kappa shape index (κ1) is 18.6. The Bertz CT molecular complexity index is 1100. The van der Waals surface area contributed by atoms with Gasteiger partial charge in [0, 0.05) is 29.5 Å². The molecule has 0 aliphatic carbocycles. The predicted octanol–water partition coefficient (Wildman–Crippen LogP) is 4.36. The van der Waals surface area contributed by atoms with Crippen molar-refractivity contribution in [3.8, 4) is 28.4 Å². The molecule has 2 aromatic carbocycles. The van der Waals surface area contributed by atoms with Gasteiger partial charge in [0.05, 0.1) is 25.6 Å². The lowest BCUT2D eigenvalue weighted by atomic mass is 10.1. The molecule has 29 heavy (non-hydrogen) atoms. The Kier molecular flexibility index (Phi) is 5.16. The summed E-state index contributed by atoms with van der Waals surface area (Å²) in [7, 11) is 1.64. The highest BCUT2D eigenvalue weighted by Crippen LogP contribution is 2.29. The number of methoxy groups -OCH3 is 1. The summed E-state index contributed by atoms with van der Waals surface area (Å²) in [6, 6.07) is 20.0. The number of benzene rings is 2.